The molecule has 0 radical (unpaired) electrons. The third-order valence-corrected chi connectivity index (χ3v) is 5.19. The molecule has 0 spiro atoms. The van der Waals surface area contributed by atoms with Crippen molar-refractivity contribution in [1.82, 2.24) is 29.8 Å². The van der Waals surface area contributed by atoms with Gasteiger partial charge in [0.1, 0.15) is 0 Å². The van der Waals surface area contributed by atoms with E-state index in [9.17, 15) is 9.59 Å². The summed E-state index contributed by atoms with van der Waals surface area (Å²) in [5.41, 5.74) is 1.80. The summed E-state index contributed by atoms with van der Waals surface area (Å²) < 4.78 is 3.28. The molecule has 1 unspecified atom stereocenters. The maximum Gasteiger partial charge on any atom is 0.266 e. The molecule has 8 heteroatoms. The first-order chi connectivity index (χ1) is 12.5. The maximum absolute atomic E-state index is 12.2. The monoisotopic (exact) mass is 356 g/mol. The van der Waals surface area contributed by atoms with E-state index in [2.05, 4.69) is 20.4 Å². The summed E-state index contributed by atoms with van der Waals surface area (Å²) in [7, 11) is 0. The average molecular weight is 356 g/mol. The van der Waals surface area contributed by atoms with Gasteiger partial charge in [0.15, 0.2) is 5.82 Å². The molecule has 0 saturated carbocycles. The second-order valence-corrected chi connectivity index (χ2v) is 7.32. The minimum atomic E-state index is -0.107. The zero-order valence-corrected chi connectivity index (χ0v) is 15.2. The fraction of sp³-hybridized carbons (Fsp3) is 0.556. The number of rotatable bonds is 4. The zero-order chi connectivity index (χ0) is 18.3. The van der Waals surface area contributed by atoms with Crippen LogP contribution in [0.4, 0.5) is 0 Å². The van der Waals surface area contributed by atoms with E-state index >= 15 is 0 Å². The molecule has 26 heavy (non-hydrogen) atoms. The van der Waals surface area contributed by atoms with Crippen molar-refractivity contribution in [2.45, 2.75) is 39.3 Å². The number of carbonyl (C=O) groups excluding carboxylic acids is 1. The summed E-state index contributed by atoms with van der Waals surface area (Å²) in [6.07, 6.45) is 1.95. The Labute approximate surface area is 151 Å². The van der Waals surface area contributed by atoms with E-state index in [1.54, 1.807) is 16.8 Å². The number of amides is 1. The minimum absolute atomic E-state index is 0.00860. The van der Waals surface area contributed by atoms with E-state index in [-0.39, 0.29) is 17.5 Å². The third kappa shape index (κ3) is 3.16. The Hall–Kier alpha value is -2.48. The lowest BCUT2D eigenvalue weighted by atomic mass is 9.94. The molecular formula is C18H24N6O2. The zero-order valence-electron chi connectivity index (χ0n) is 15.2. The molecule has 1 N–H and O–H groups in total. The molecule has 2 aromatic heterocycles. The van der Waals surface area contributed by atoms with Gasteiger partial charge in [-0.3, -0.25) is 14.5 Å². The van der Waals surface area contributed by atoms with Crippen molar-refractivity contribution >= 4 is 5.91 Å². The van der Waals surface area contributed by atoms with Crippen LogP contribution in [0.25, 0.3) is 5.82 Å². The Morgan fingerprint density at radius 1 is 1.19 bits per heavy atom. The van der Waals surface area contributed by atoms with Crippen LogP contribution in [0.3, 0.4) is 0 Å². The molecule has 4 rings (SSSR count). The van der Waals surface area contributed by atoms with Gasteiger partial charge in [0.05, 0.1) is 18.3 Å². The highest BCUT2D eigenvalue weighted by molar-refractivity contribution is 5.82. The van der Waals surface area contributed by atoms with Gasteiger partial charge in [-0.2, -0.15) is 5.10 Å². The molecule has 4 heterocycles. The van der Waals surface area contributed by atoms with Crippen molar-refractivity contribution in [3.63, 3.8) is 0 Å². The van der Waals surface area contributed by atoms with Crippen LogP contribution in [0.2, 0.25) is 0 Å². The molecule has 0 aliphatic carbocycles. The predicted octanol–water partition coefficient (Wildman–Crippen LogP) is 0.256. The first-order valence-corrected chi connectivity index (χ1v) is 9.15. The fourth-order valence-corrected chi connectivity index (χ4v) is 3.87. The molecule has 1 atom stereocenters. The fourth-order valence-electron chi connectivity index (χ4n) is 3.87. The van der Waals surface area contributed by atoms with Crippen molar-refractivity contribution in [3.05, 3.63) is 39.9 Å². The molecule has 2 aliphatic rings. The Kier molecular flexibility index (Phi) is 4.36. The van der Waals surface area contributed by atoms with Gasteiger partial charge in [0.25, 0.3) is 5.56 Å². The first kappa shape index (κ1) is 17.0. The van der Waals surface area contributed by atoms with E-state index in [0.717, 1.165) is 43.9 Å². The number of hydrogen-bond acceptors (Lipinski definition) is 5. The lowest BCUT2D eigenvalue weighted by molar-refractivity contribution is -0.131. The number of aromatic nitrogens is 4. The van der Waals surface area contributed by atoms with Gasteiger partial charge in [-0.1, -0.05) is 0 Å². The van der Waals surface area contributed by atoms with Gasteiger partial charge in [0, 0.05) is 37.3 Å². The van der Waals surface area contributed by atoms with Crippen LogP contribution in [0.15, 0.2) is 23.0 Å². The summed E-state index contributed by atoms with van der Waals surface area (Å²) in [6, 6.07) is 5.23. The van der Waals surface area contributed by atoms with E-state index in [1.807, 2.05) is 19.9 Å². The van der Waals surface area contributed by atoms with E-state index in [0.29, 0.717) is 18.3 Å². The normalized spacial score (nSPS) is 21.5. The quantitative estimate of drug-likeness (QED) is 0.849. The van der Waals surface area contributed by atoms with E-state index in [1.165, 1.54) is 4.68 Å². The van der Waals surface area contributed by atoms with Crippen LogP contribution in [0.5, 0.6) is 0 Å². The number of piperidine rings is 1. The van der Waals surface area contributed by atoms with Crippen LogP contribution in [0.1, 0.15) is 24.2 Å². The Balaban J connectivity index is 1.44. The lowest BCUT2D eigenvalue weighted by Crippen LogP contribution is -2.60. The number of nitrogens with zero attached hydrogens (tertiary/aromatic N) is 5. The molecule has 138 valence electrons. The van der Waals surface area contributed by atoms with Gasteiger partial charge in [-0.05, 0) is 38.8 Å². The third-order valence-electron chi connectivity index (χ3n) is 5.19. The van der Waals surface area contributed by atoms with Crippen LogP contribution in [-0.4, -0.2) is 56.0 Å². The molecule has 0 bridgehead atoms. The van der Waals surface area contributed by atoms with Gasteiger partial charge in [0.2, 0.25) is 5.91 Å². The molecule has 2 fully saturated rings. The van der Waals surface area contributed by atoms with Gasteiger partial charge in [-0.25, -0.2) is 9.36 Å². The van der Waals surface area contributed by atoms with Crippen molar-refractivity contribution in [2.75, 3.05) is 19.6 Å². The van der Waals surface area contributed by atoms with Crippen LogP contribution in [0, 0.1) is 19.8 Å². The second kappa shape index (κ2) is 6.68. The number of likely N-dealkylation sites (tertiary alicyclic amines) is 1. The van der Waals surface area contributed by atoms with Crippen molar-refractivity contribution in [2.24, 2.45) is 5.92 Å². The average Bonchev–Trinajstić information content (AvgIpc) is 2.91. The highest BCUT2D eigenvalue weighted by Gasteiger charge is 2.37. The topological polar surface area (TPSA) is 85.0 Å². The number of aryl methyl sites for hydroxylation is 2. The molecule has 1 amide bonds. The summed E-state index contributed by atoms with van der Waals surface area (Å²) in [5.74, 6) is 1.13. The van der Waals surface area contributed by atoms with Crippen LogP contribution in [-0.2, 0) is 11.3 Å². The highest BCUT2D eigenvalue weighted by Crippen LogP contribution is 2.23. The summed E-state index contributed by atoms with van der Waals surface area (Å²) >= 11 is 0. The lowest BCUT2D eigenvalue weighted by Gasteiger charge is -2.44. The highest BCUT2D eigenvalue weighted by atomic mass is 16.2. The van der Waals surface area contributed by atoms with E-state index in [4.69, 9.17) is 0 Å². The molecule has 2 saturated heterocycles. The number of hydrogen-bond donors (Lipinski definition) is 1. The number of nitrogens with one attached hydrogen (secondary N) is 1. The smallest absolute Gasteiger partial charge is 0.266 e. The van der Waals surface area contributed by atoms with Crippen molar-refractivity contribution < 1.29 is 4.79 Å². The van der Waals surface area contributed by atoms with Crippen LogP contribution < -0.4 is 10.9 Å². The summed E-state index contributed by atoms with van der Waals surface area (Å²) in [4.78, 5) is 26.4. The largest absolute Gasteiger partial charge is 0.355 e. The first-order valence-electron chi connectivity index (χ1n) is 9.15. The maximum atomic E-state index is 12.2. The summed E-state index contributed by atoms with van der Waals surface area (Å²) in [5, 5.41) is 11.9. The number of carbonyl (C=O) groups is 1. The second-order valence-electron chi connectivity index (χ2n) is 7.32. The Bertz CT molecular complexity index is 880. The van der Waals surface area contributed by atoms with Crippen molar-refractivity contribution in [3.8, 4) is 5.82 Å². The van der Waals surface area contributed by atoms with Crippen LogP contribution >= 0.6 is 0 Å². The molecule has 8 nitrogen and oxygen atoms in total. The summed E-state index contributed by atoms with van der Waals surface area (Å²) in [6.45, 7) is 6.91. The van der Waals surface area contributed by atoms with Gasteiger partial charge in [-0.15, -0.1) is 5.10 Å². The Morgan fingerprint density at radius 2 is 2.00 bits per heavy atom. The SMILES string of the molecule is Cc1cc(C)n(-c2ccc(=O)n(CC3CN(C4CCCNC4=O)C3)n2)n1. The van der Waals surface area contributed by atoms with Gasteiger partial charge < -0.3 is 5.32 Å². The molecule has 2 aliphatic heterocycles. The predicted molar refractivity (Wildman–Crippen MR) is 96.2 cm³/mol. The Morgan fingerprint density at radius 3 is 2.69 bits per heavy atom. The van der Waals surface area contributed by atoms with Crippen molar-refractivity contribution in [1.29, 1.82) is 0 Å². The van der Waals surface area contributed by atoms with E-state index < -0.39 is 0 Å². The molecule has 2 aromatic rings. The molecule has 0 aromatic carbocycles. The van der Waals surface area contributed by atoms with Gasteiger partial charge >= 0.3 is 0 Å². The standard InChI is InChI=1S/C18H24N6O2/c1-12-8-13(2)24(20-12)16-5-6-17(25)23(21-16)11-14-9-22(10-14)15-4-3-7-19-18(15)26/h5-6,8,14-15H,3-4,7,9-11H2,1-2H3,(H,19,26). The molecular weight excluding hydrogens is 332 g/mol. The minimum Gasteiger partial charge on any atom is -0.355 e.